The van der Waals surface area contributed by atoms with Gasteiger partial charge < -0.3 is 14.5 Å². The Morgan fingerprint density at radius 3 is 2.49 bits per heavy atom. The number of rotatable bonds is 6. The molecule has 2 aliphatic heterocycles. The average Bonchev–Trinajstić information content (AvgIpc) is 3.39. The standard InChI is InChI=1S/C26H30F2N4O4S/c1-17-8-9-23(18-6-4-3-5-7-18)37(33,34)32(17)16-19-14-22(28)20(15-21(19)27)26(10-12-35-13-11-26)24-30-31-25(29-2)36-24/h3-7,14-15,17,23H,8-13,16H2,1-2H3,(H,29,31)/t17-,23+/m0/s1. The van der Waals surface area contributed by atoms with E-state index in [0.29, 0.717) is 44.5 Å². The van der Waals surface area contributed by atoms with E-state index in [1.807, 2.05) is 6.07 Å². The molecule has 2 aromatic carbocycles. The molecular formula is C26H30F2N4O4S. The van der Waals surface area contributed by atoms with E-state index >= 15 is 8.78 Å². The van der Waals surface area contributed by atoms with Gasteiger partial charge in [0.1, 0.15) is 16.9 Å². The molecule has 2 atom stereocenters. The number of halogens is 2. The molecule has 1 aromatic heterocycles. The highest BCUT2D eigenvalue weighted by molar-refractivity contribution is 7.89. The highest BCUT2D eigenvalue weighted by Crippen LogP contribution is 2.43. The minimum absolute atomic E-state index is 0.0194. The zero-order valence-electron chi connectivity index (χ0n) is 20.8. The Labute approximate surface area is 215 Å². The molecule has 0 bridgehead atoms. The number of nitrogens with one attached hydrogen (secondary N) is 1. The maximum Gasteiger partial charge on any atom is 0.315 e. The number of hydrogen-bond acceptors (Lipinski definition) is 7. The van der Waals surface area contributed by atoms with Gasteiger partial charge in [-0.2, -0.15) is 4.31 Å². The molecule has 0 unspecified atom stereocenters. The van der Waals surface area contributed by atoms with E-state index in [1.54, 1.807) is 38.2 Å². The first kappa shape index (κ1) is 25.7. The third-order valence-electron chi connectivity index (χ3n) is 7.57. The van der Waals surface area contributed by atoms with Crippen molar-refractivity contribution in [2.45, 2.75) is 55.9 Å². The summed E-state index contributed by atoms with van der Waals surface area (Å²) in [6, 6.07) is 11.1. The van der Waals surface area contributed by atoms with Gasteiger partial charge in [-0.3, -0.25) is 0 Å². The Kier molecular flexibility index (Phi) is 7.03. The van der Waals surface area contributed by atoms with E-state index in [2.05, 4.69) is 15.5 Å². The van der Waals surface area contributed by atoms with Gasteiger partial charge in [0.05, 0.1) is 5.41 Å². The van der Waals surface area contributed by atoms with Crippen molar-refractivity contribution in [1.82, 2.24) is 14.5 Å². The Morgan fingerprint density at radius 2 is 1.81 bits per heavy atom. The highest BCUT2D eigenvalue weighted by Gasteiger charge is 2.45. The summed E-state index contributed by atoms with van der Waals surface area (Å²) in [7, 11) is -2.17. The summed E-state index contributed by atoms with van der Waals surface area (Å²) in [6.45, 7) is 2.19. The zero-order chi connectivity index (χ0) is 26.2. The summed E-state index contributed by atoms with van der Waals surface area (Å²) in [4.78, 5) is 0. The fraction of sp³-hybridized carbons (Fsp3) is 0.462. The van der Waals surface area contributed by atoms with Gasteiger partial charge in [0.25, 0.3) is 0 Å². The molecule has 0 aliphatic carbocycles. The second kappa shape index (κ2) is 10.1. The Hall–Kier alpha value is -2.89. The predicted molar refractivity (Wildman–Crippen MR) is 133 cm³/mol. The van der Waals surface area contributed by atoms with Crippen LogP contribution in [0.5, 0.6) is 0 Å². The van der Waals surface area contributed by atoms with Gasteiger partial charge in [0.2, 0.25) is 15.9 Å². The van der Waals surface area contributed by atoms with Crippen LogP contribution in [0, 0.1) is 11.6 Å². The van der Waals surface area contributed by atoms with E-state index in [9.17, 15) is 8.42 Å². The van der Waals surface area contributed by atoms with Crippen molar-refractivity contribution in [3.63, 3.8) is 0 Å². The topological polar surface area (TPSA) is 97.6 Å². The van der Waals surface area contributed by atoms with Crippen molar-refractivity contribution >= 4 is 16.0 Å². The second-order valence-corrected chi connectivity index (χ2v) is 11.8. The van der Waals surface area contributed by atoms with E-state index in [-0.39, 0.29) is 35.6 Å². The van der Waals surface area contributed by atoms with Crippen LogP contribution in [0.1, 0.15) is 60.4 Å². The van der Waals surface area contributed by atoms with E-state index in [4.69, 9.17) is 9.15 Å². The van der Waals surface area contributed by atoms with Crippen LogP contribution in [0.3, 0.4) is 0 Å². The van der Waals surface area contributed by atoms with Crippen molar-refractivity contribution in [1.29, 1.82) is 0 Å². The third kappa shape index (κ3) is 4.64. The molecule has 1 N–H and O–H groups in total. The fourth-order valence-electron chi connectivity index (χ4n) is 5.43. The molecule has 0 amide bonds. The van der Waals surface area contributed by atoms with Gasteiger partial charge >= 0.3 is 6.01 Å². The molecule has 198 valence electrons. The number of anilines is 1. The van der Waals surface area contributed by atoms with Gasteiger partial charge in [-0.1, -0.05) is 35.4 Å². The number of ether oxygens (including phenoxy) is 1. The summed E-state index contributed by atoms with van der Waals surface area (Å²) in [5.74, 6) is -1.15. The number of hydrogen-bond donors (Lipinski definition) is 1. The molecule has 3 aromatic rings. The average molecular weight is 533 g/mol. The first-order valence-electron chi connectivity index (χ1n) is 12.4. The van der Waals surface area contributed by atoms with Crippen LogP contribution < -0.4 is 5.32 Å². The lowest BCUT2D eigenvalue weighted by atomic mass is 9.73. The summed E-state index contributed by atoms with van der Waals surface area (Å²) in [5.41, 5.74) is -0.273. The summed E-state index contributed by atoms with van der Waals surface area (Å²) >= 11 is 0. The smallest absolute Gasteiger partial charge is 0.315 e. The van der Waals surface area contributed by atoms with Crippen molar-refractivity contribution in [3.8, 4) is 0 Å². The van der Waals surface area contributed by atoms with E-state index in [0.717, 1.165) is 12.1 Å². The Bertz CT molecular complexity index is 1360. The van der Waals surface area contributed by atoms with Crippen molar-refractivity contribution in [2.75, 3.05) is 25.6 Å². The molecule has 2 saturated heterocycles. The maximum absolute atomic E-state index is 15.7. The van der Waals surface area contributed by atoms with Crippen LogP contribution in [-0.4, -0.2) is 49.2 Å². The molecular weight excluding hydrogens is 502 g/mol. The van der Waals surface area contributed by atoms with Gasteiger partial charge in [-0.25, -0.2) is 17.2 Å². The minimum atomic E-state index is -3.79. The molecule has 8 nitrogen and oxygen atoms in total. The molecule has 37 heavy (non-hydrogen) atoms. The normalized spacial score (nSPS) is 23.6. The van der Waals surface area contributed by atoms with Gasteiger partial charge in [0, 0.05) is 44.0 Å². The SMILES string of the molecule is CNc1nnc(C2(c3cc(F)c(CN4[C@@H](C)CC[C@H](c5ccccc5)S4(=O)=O)cc3F)CCOCC2)o1. The summed E-state index contributed by atoms with van der Waals surface area (Å²) in [5, 5.41) is 10.1. The first-order chi connectivity index (χ1) is 17.8. The van der Waals surface area contributed by atoms with E-state index < -0.39 is 32.3 Å². The van der Waals surface area contributed by atoms with Crippen molar-refractivity contribution < 1.29 is 26.4 Å². The summed E-state index contributed by atoms with van der Waals surface area (Å²) in [6.07, 6.45) is 1.77. The molecule has 2 aliphatic rings. The molecule has 3 heterocycles. The lowest BCUT2D eigenvalue weighted by molar-refractivity contribution is 0.0533. The largest absolute Gasteiger partial charge is 0.407 e. The highest BCUT2D eigenvalue weighted by atomic mass is 32.2. The number of nitrogens with zero attached hydrogens (tertiary/aromatic N) is 3. The van der Waals surface area contributed by atoms with Crippen LogP contribution in [0.2, 0.25) is 0 Å². The Morgan fingerprint density at radius 1 is 1.08 bits per heavy atom. The molecule has 11 heteroatoms. The van der Waals surface area contributed by atoms with Gasteiger partial charge in [-0.15, -0.1) is 5.10 Å². The van der Waals surface area contributed by atoms with Crippen LogP contribution in [-0.2, 0) is 26.7 Å². The fourth-order valence-corrected chi connectivity index (χ4v) is 7.62. The molecule has 2 fully saturated rings. The number of sulfonamides is 1. The van der Waals surface area contributed by atoms with Crippen molar-refractivity contribution in [2.24, 2.45) is 0 Å². The lowest BCUT2D eigenvalue weighted by Gasteiger charge is -2.38. The van der Waals surface area contributed by atoms with Gasteiger partial charge in [-0.05, 0) is 50.3 Å². The molecule has 5 rings (SSSR count). The lowest BCUT2D eigenvalue weighted by Crippen LogP contribution is -2.45. The monoisotopic (exact) mass is 532 g/mol. The van der Waals surface area contributed by atoms with Crippen LogP contribution in [0.4, 0.5) is 14.8 Å². The van der Waals surface area contributed by atoms with Crippen LogP contribution >= 0.6 is 0 Å². The minimum Gasteiger partial charge on any atom is -0.407 e. The molecule has 0 saturated carbocycles. The van der Waals surface area contributed by atoms with E-state index in [1.165, 1.54) is 4.31 Å². The second-order valence-electron chi connectivity index (χ2n) is 9.70. The quantitative estimate of drug-likeness (QED) is 0.498. The molecule has 0 spiro atoms. The summed E-state index contributed by atoms with van der Waals surface area (Å²) < 4.78 is 71.0. The molecule has 0 radical (unpaired) electrons. The zero-order valence-corrected chi connectivity index (χ0v) is 21.6. The maximum atomic E-state index is 15.7. The van der Waals surface area contributed by atoms with Crippen molar-refractivity contribution in [3.05, 3.63) is 76.7 Å². The van der Waals surface area contributed by atoms with Crippen LogP contribution in [0.25, 0.3) is 0 Å². The third-order valence-corrected chi connectivity index (χ3v) is 9.94. The van der Waals surface area contributed by atoms with Gasteiger partial charge in [0.15, 0.2) is 0 Å². The first-order valence-corrected chi connectivity index (χ1v) is 13.9. The Balaban J connectivity index is 1.49. The predicted octanol–water partition coefficient (Wildman–Crippen LogP) is 4.54. The number of benzene rings is 2. The van der Waals surface area contributed by atoms with Crippen LogP contribution in [0.15, 0.2) is 46.9 Å². The number of aromatic nitrogens is 2.